The van der Waals surface area contributed by atoms with E-state index in [0.29, 0.717) is 25.6 Å². The Morgan fingerprint density at radius 2 is 2.13 bits per heavy atom. The Bertz CT molecular complexity index is 530. The Morgan fingerprint density at radius 1 is 1.39 bits per heavy atom. The molecule has 2 aliphatic heterocycles. The normalized spacial score (nSPS) is 25.3. The van der Waals surface area contributed by atoms with Gasteiger partial charge in [0.05, 0.1) is 12.1 Å². The molecule has 1 saturated heterocycles. The minimum Gasteiger partial charge on any atom is -0.392 e. The second-order valence-corrected chi connectivity index (χ2v) is 6.02. The predicted octanol–water partition coefficient (Wildman–Crippen LogP) is 1.12. The fourth-order valence-electron chi connectivity index (χ4n) is 3.31. The van der Waals surface area contributed by atoms with Gasteiger partial charge in [-0.25, -0.2) is 0 Å². The number of carbonyl (C=O) groups is 1. The van der Waals surface area contributed by atoms with Gasteiger partial charge in [-0.05, 0) is 31.4 Å². The van der Waals surface area contributed by atoms with Gasteiger partial charge in [-0.15, -0.1) is 24.8 Å². The zero-order valence-corrected chi connectivity index (χ0v) is 14.8. The van der Waals surface area contributed by atoms with Crippen molar-refractivity contribution >= 4 is 36.4 Å². The van der Waals surface area contributed by atoms with Crippen LogP contribution in [0.4, 0.5) is 5.69 Å². The van der Waals surface area contributed by atoms with E-state index in [1.54, 1.807) is 0 Å². The first-order valence-electron chi connectivity index (χ1n) is 7.69. The topological polar surface area (TPSA) is 64.6 Å². The average molecular weight is 362 g/mol. The number of benzene rings is 1. The second kappa shape index (κ2) is 8.73. The molecule has 3 unspecified atom stereocenters. The van der Waals surface area contributed by atoms with Crippen LogP contribution >= 0.6 is 24.8 Å². The number of aliphatic hydroxyl groups excluding tert-OH is 1. The maximum Gasteiger partial charge on any atom is 0.237 e. The van der Waals surface area contributed by atoms with Crippen LogP contribution in [0.3, 0.4) is 0 Å². The highest BCUT2D eigenvalue weighted by molar-refractivity contribution is 5.85. The lowest BCUT2D eigenvalue weighted by atomic mass is 10.1. The first-order chi connectivity index (χ1) is 10.1. The molecule has 3 N–H and O–H groups in total. The standard InChI is InChI=1S/C16H23N3O2.2ClH/c1-11-8-12-4-2-3-5-15(12)19(11)7-6-17-16(21)14-9-13(20)10-18-14;;/h2-5,11,13-14,18,20H,6-10H2,1H3,(H,17,21);2*1H. The van der Waals surface area contributed by atoms with Gasteiger partial charge >= 0.3 is 0 Å². The number of fused-ring (bicyclic) bond motifs is 1. The molecule has 0 bridgehead atoms. The van der Waals surface area contributed by atoms with Crippen LogP contribution in [0.5, 0.6) is 0 Å². The third-order valence-corrected chi connectivity index (χ3v) is 4.42. The lowest BCUT2D eigenvalue weighted by Gasteiger charge is -2.25. The van der Waals surface area contributed by atoms with E-state index in [1.807, 2.05) is 0 Å². The molecular weight excluding hydrogens is 337 g/mol. The summed E-state index contributed by atoms with van der Waals surface area (Å²) in [7, 11) is 0. The molecule has 1 fully saturated rings. The number of halogens is 2. The van der Waals surface area contributed by atoms with Crippen molar-refractivity contribution in [2.24, 2.45) is 0 Å². The van der Waals surface area contributed by atoms with Gasteiger partial charge < -0.3 is 20.6 Å². The van der Waals surface area contributed by atoms with Gasteiger partial charge in [0.15, 0.2) is 0 Å². The summed E-state index contributed by atoms with van der Waals surface area (Å²) in [6.45, 7) is 4.18. The first kappa shape index (κ1) is 20.0. The number of β-amino-alcohol motifs (C(OH)–C–C–N with tert-alkyl or cyclic N) is 1. The summed E-state index contributed by atoms with van der Waals surface area (Å²) in [6.07, 6.45) is 1.18. The van der Waals surface area contributed by atoms with Gasteiger partial charge in [-0.1, -0.05) is 18.2 Å². The average Bonchev–Trinajstić information content (AvgIpc) is 3.03. The highest BCUT2D eigenvalue weighted by atomic mass is 35.5. The Balaban J connectivity index is 0.00000132. The van der Waals surface area contributed by atoms with Gasteiger partial charge in [0, 0.05) is 31.4 Å². The van der Waals surface area contributed by atoms with E-state index in [0.717, 1.165) is 13.0 Å². The van der Waals surface area contributed by atoms with Crippen molar-refractivity contribution in [2.45, 2.75) is 38.0 Å². The number of hydrogen-bond acceptors (Lipinski definition) is 4. The number of hydrogen-bond donors (Lipinski definition) is 3. The minimum atomic E-state index is -0.397. The van der Waals surface area contributed by atoms with Crippen LogP contribution < -0.4 is 15.5 Å². The number of carbonyl (C=O) groups excluding carboxylic acids is 1. The Hall–Kier alpha value is -1.01. The summed E-state index contributed by atoms with van der Waals surface area (Å²) < 4.78 is 0. The number of aliphatic hydroxyl groups is 1. The number of anilines is 1. The molecule has 0 radical (unpaired) electrons. The molecule has 130 valence electrons. The molecule has 0 spiro atoms. The highest BCUT2D eigenvalue weighted by Gasteiger charge is 2.28. The van der Waals surface area contributed by atoms with Gasteiger partial charge in [-0.2, -0.15) is 0 Å². The first-order valence-corrected chi connectivity index (χ1v) is 7.69. The van der Waals surface area contributed by atoms with Crippen molar-refractivity contribution in [1.82, 2.24) is 10.6 Å². The van der Waals surface area contributed by atoms with E-state index in [2.05, 4.69) is 46.7 Å². The van der Waals surface area contributed by atoms with Gasteiger partial charge in [0.25, 0.3) is 0 Å². The van der Waals surface area contributed by atoms with Crippen LogP contribution in [-0.4, -0.2) is 48.8 Å². The summed E-state index contributed by atoms with van der Waals surface area (Å²) in [4.78, 5) is 14.3. The van der Waals surface area contributed by atoms with Crippen molar-refractivity contribution < 1.29 is 9.90 Å². The van der Waals surface area contributed by atoms with E-state index < -0.39 is 6.10 Å². The molecule has 3 atom stereocenters. The van der Waals surface area contributed by atoms with Crippen molar-refractivity contribution in [1.29, 1.82) is 0 Å². The van der Waals surface area contributed by atoms with Crippen molar-refractivity contribution in [3.63, 3.8) is 0 Å². The van der Waals surface area contributed by atoms with Crippen LogP contribution in [0.15, 0.2) is 24.3 Å². The molecule has 3 rings (SSSR count). The van der Waals surface area contributed by atoms with E-state index in [4.69, 9.17) is 0 Å². The van der Waals surface area contributed by atoms with Crippen molar-refractivity contribution in [2.75, 3.05) is 24.5 Å². The van der Waals surface area contributed by atoms with Gasteiger partial charge in [0.2, 0.25) is 5.91 Å². The summed E-state index contributed by atoms with van der Waals surface area (Å²) in [5, 5.41) is 15.4. The quantitative estimate of drug-likeness (QED) is 0.751. The summed E-state index contributed by atoms with van der Waals surface area (Å²) in [5.74, 6) is -0.00770. The van der Waals surface area contributed by atoms with E-state index in [-0.39, 0.29) is 36.8 Å². The third kappa shape index (κ3) is 4.51. The summed E-state index contributed by atoms with van der Waals surface area (Å²) >= 11 is 0. The molecule has 5 nitrogen and oxygen atoms in total. The summed E-state index contributed by atoms with van der Waals surface area (Å²) in [5.41, 5.74) is 2.67. The number of rotatable bonds is 4. The molecule has 23 heavy (non-hydrogen) atoms. The van der Waals surface area contributed by atoms with Gasteiger partial charge in [-0.3, -0.25) is 4.79 Å². The van der Waals surface area contributed by atoms with Crippen LogP contribution in [-0.2, 0) is 11.2 Å². The molecular formula is C16H25Cl2N3O2. The van der Waals surface area contributed by atoms with Crippen LogP contribution in [0.1, 0.15) is 18.9 Å². The second-order valence-electron chi connectivity index (χ2n) is 6.02. The van der Waals surface area contributed by atoms with E-state index >= 15 is 0 Å². The van der Waals surface area contributed by atoms with Crippen LogP contribution in [0.25, 0.3) is 0 Å². The largest absolute Gasteiger partial charge is 0.392 e. The SMILES string of the molecule is CC1Cc2ccccc2N1CCNC(=O)C1CC(O)CN1.Cl.Cl. The van der Waals surface area contributed by atoms with Crippen LogP contribution in [0, 0.1) is 0 Å². The third-order valence-electron chi connectivity index (χ3n) is 4.42. The lowest BCUT2D eigenvalue weighted by molar-refractivity contribution is -0.122. The minimum absolute atomic E-state index is 0. The van der Waals surface area contributed by atoms with Gasteiger partial charge in [0.1, 0.15) is 0 Å². The fourth-order valence-corrected chi connectivity index (χ4v) is 3.31. The van der Waals surface area contributed by atoms with Crippen LogP contribution in [0.2, 0.25) is 0 Å². The predicted molar refractivity (Wildman–Crippen MR) is 96.9 cm³/mol. The molecule has 0 aromatic heterocycles. The zero-order chi connectivity index (χ0) is 14.8. The lowest BCUT2D eigenvalue weighted by Crippen LogP contribution is -2.44. The van der Waals surface area contributed by atoms with E-state index in [1.165, 1.54) is 11.3 Å². The monoisotopic (exact) mass is 361 g/mol. The smallest absolute Gasteiger partial charge is 0.237 e. The van der Waals surface area contributed by atoms with Crippen molar-refractivity contribution in [3.8, 4) is 0 Å². The zero-order valence-electron chi connectivity index (χ0n) is 13.2. The molecule has 1 aromatic carbocycles. The molecule has 0 aliphatic carbocycles. The summed E-state index contributed by atoms with van der Waals surface area (Å²) in [6, 6.07) is 8.69. The number of amides is 1. The molecule has 2 heterocycles. The van der Waals surface area contributed by atoms with Crippen molar-refractivity contribution in [3.05, 3.63) is 29.8 Å². The molecule has 0 saturated carbocycles. The molecule has 2 aliphatic rings. The number of para-hydroxylation sites is 1. The fraction of sp³-hybridized carbons (Fsp3) is 0.562. The molecule has 1 amide bonds. The highest BCUT2D eigenvalue weighted by Crippen LogP contribution is 2.31. The number of nitrogens with zero attached hydrogens (tertiary/aromatic N) is 1. The Kier molecular flexibility index (Phi) is 7.61. The molecule has 1 aromatic rings. The van der Waals surface area contributed by atoms with E-state index in [9.17, 15) is 9.90 Å². The maximum atomic E-state index is 12.0. The Morgan fingerprint density at radius 3 is 2.83 bits per heavy atom. The Labute approximate surface area is 149 Å². The number of nitrogens with one attached hydrogen (secondary N) is 2. The molecule has 7 heteroatoms. The maximum absolute atomic E-state index is 12.0.